The molecule has 1 unspecified atom stereocenters. The molecule has 0 aliphatic heterocycles. The van der Waals surface area contributed by atoms with Crippen molar-refractivity contribution in [1.29, 1.82) is 0 Å². The van der Waals surface area contributed by atoms with E-state index in [4.69, 9.17) is 4.98 Å². The summed E-state index contributed by atoms with van der Waals surface area (Å²) in [6.07, 6.45) is 0. The predicted octanol–water partition coefficient (Wildman–Crippen LogP) is 10.6. The minimum absolute atomic E-state index is 0.0319. The van der Waals surface area contributed by atoms with E-state index in [-0.39, 0.29) is 5.41 Å². The van der Waals surface area contributed by atoms with Crippen molar-refractivity contribution >= 4 is 21.6 Å². The maximum absolute atomic E-state index is 5.06. The Bertz CT molecular complexity index is 2190. The first kappa shape index (κ1) is 24.8. The van der Waals surface area contributed by atoms with Crippen molar-refractivity contribution in [1.82, 2.24) is 4.98 Å². The van der Waals surface area contributed by atoms with E-state index in [1.54, 1.807) is 11.3 Å². The Morgan fingerprint density at radius 1 is 0.488 bits per heavy atom. The third-order valence-corrected chi connectivity index (χ3v) is 10.9. The molecule has 6 aromatic carbocycles. The molecule has 0 bridgehead atoms. The maximum Gasteiger partial charge on any atom is 0.124 e. The van der Waals surface area contributed by atoms with E-state index in [2.05, 4.69) is 153 Å². The van der Waals surface area contributed by atoms with Crippen LogP contribution in [0.15, 0.2) is 140 Å². The Labute approximate surface area is 256 Å². The van der Waals surface area contributed by atoms with Gasteiger partial charge < -0.3 is 0 Å². The highest BCUT2D eigenvalue weighted by Gasteiger charge is 2.47. The fraction of sp³-hybridized carbons (Fsp3) is 0.0976. The number of aromatic nitrogens is 1. The molecule has 0 saturated carbocycles. The Kier molecular flexibility index (Phi) is 5.10. The molecule has 204 valence electrons. The Morgan fingerprint density at radius 2 is 1.14 bits per heavy atom. The molecule has 0 saturated heterocycles. The SMILES string of the molecule is CC1(C)c2ccccc2-c2cc(C3(c4ccccc4)c4ccccc4-c4ccc(-c5nc6ccccc6s5)cc43)ccc21. The third kappa shape index (κ3) is 3.30. The number of hydrogen-bond donors (Lipinski definition) is 0. The molecule has 0 radical (unpaired) electrons. The van der Waals surface area contributed by atoms with Crippen LogP contribution in [0.1, 0.15) is 47.2 Å². The monoisotopic (exact) mass is 567 g/mol. The van der Waals surface area contributed by atoms with Gasteiger partial charge in [0.15, 0.2) is 0 Å². The predicted molar refractivity (Wildman–Crippen MR) is 180 cm³/mol. The lowest BCUT2D eigenvalue weighted by Gasteiger charge is -2.34. The summed E-state index contributed by atoms with van der Waals surface area (Å²) in [5, 5.41) is 1.06. The van der Waals surface area contributed by atoms with E-state index in [9.17, 15) is 0 Å². The van der Waals surface area contributed by atoms with Gasteiger partial charge in [0, 0.05) is 11.0 Å². The van der Waals surface area contributed by atoms with Crippen LogP contribution in [0.25, 0.3) is 43.0 Å². The number of thiazole rings is 1. The first-order valence-corrected chi connectivity index (χ1v) is 15.8. The molecular formula is C41H29NS. The quantitative estimate of drug-likeness (QED) is 0.207. The van der Waals surface area contributed by atoms with Crippen LogP contribution in [0.5, 0.6) is 0 Å². The van der Waals surface area contributed by atoms with E-state index in [0.717, 1.165) is 10.5 Å². The summed E-state index contributed by atoms with van der Waals surface area (Å²) in [5.41, 5.74) is 15.1. The fourth-order valence-corrected chi connectivity index (χ4v) is 8.80. The van der Waals surface area contributed by atoms with Crippen molar-refractivity contribution in [3.63, 3.8) is 0 Å². The summed E-state index contributed by atoms with van der Waals surface area (Å²) in [4.78, 5) is 5.06. The number of rotatable bonds is 3. The molecule has 1 atom stereocenters. The van der Waals surface area contributed by atoms with Gasteiger partial charge in [0.1, 0.15) is 5.01 Å². The second-order valence-corrected chi connectivity index (χ2v) is 13.4. The van der Waals surface area contributed by atoms with Crippen LogP contribution in [0.4, 0.5) is 0 Å². The molecule has 1 heterocycles. The minimum Gasteiger partial charge on any atom is -0.236 e. The van der Waals surface area contributed by atoms with Gasteiger partial charge in [-0.2, -0.15) is 0 Å². The summed E-state index contributed by atoms with van der Waals surface area (Å²) in [6.45, 7) is 4.71. The van der Waals surface area contributed by atoms with Crippen molar-refractivity contribution in [2.45, 2.75) is 24.7 Å². The van der Waals surface area contributed by atoms with E-state index < -0.39 is 5.41 Å². The average molecular weight is 568 g/mol. The van der Waals surface area contributed by atoms with Gasteiger partial charge in [-0.05, 0) is 79.9 Å². The van der Waals surface area contributed by atoms with Crippen LogP contribution in [-0.4, -0.2) is 4.98 Å². The number of hydrogen-bond acceptors (Lipinski definition) is 2. The Hall–Kier alpha value is -4.79. The molecule has 1 aromatic heterocycles. The van der Waals surface area contributed by atoms with Crippen LogP contribution >= 0.6 is 11.3 Å². The van der Waals surface area contributed by atoms with E-state index >= 15 is 0 Å². The summed E-state index contributed by atoms with van der Waals surface area (Å²) in [5.74, 6) is 0. The van der Waals surface area contributed by atoms with Crippen LogP contribution in [0.3, 0.4) is 0 Å². The molecule has 0 spiro atoms. The standard InChI is InChI=1S/C41H29NS/c1-40(2)33-16-8-6-15-30(33)32-25-28(21-23-34(32)40)41(27-12-4-3-5-13-27)35-17-9-7-14-29(35)31-22-20-26(24-36(31)41)39-42-37-18-10-11-19-38(37)43-39/h3-25H,1-2H3. The highest BCUT2D eigenvalue weighted by atomic mass is 32.1. The highest BCUT2D eigenvalue weighted by molar-refractivity contribution is 7.21. The van der Waals surface area contributed by atoms with Crippen LogP contribution in [0.2, 0.25) is 0 Å². The van der Waals surface area contributed by atoms with Gasteiger partial charge in [0.05, 0.1) is 15.6 Å². The Morgan fingerprint density at radius 3 is 1.95 bits per heavy atom. The zero-order valence-electron chi connectivity index (χ0n) is 24.1. The molecule has 2 heteroatoms. The zero-order valence-corrected chi connectivity index (χ0v) is 25.0. The maximum atomic E-state index is 5.06. The van der Waals surface area contributed by atoms with Crippen molar-refractivity contribution in [2.75, 3.05) is 0 Å². The van der Waals surface area contributed by atoms with Crippen LogP contribution in [-0.2, 0) is 10.8 Å². The lowest BCUT2D eigenvalue weighted by atomic mass is 9.67. The Balaban J connectivity index is 1.37. The first-order valence-electron chi connectivity index (χ1n) is 15.0. The summed E-state index contributed by atoms with van der Waals surface area (Å²) in [7, 11) is 0. The van der Waals surface area contributed by atoms with Crippen molar-refractivity contribution in [2.24, 2.45) is 0 Å². The van der Waals surface area contributed by atoms with Gasteiger partial charge in [0.25, 0.3) is 0 Å². The van der Waals surface area contributed by atoms with E-state index in [0.29, 0.717) is 0 Å². The van der Waals surface area contributed by atoms with E-state index in [1.165, 1.54) is 65.9 Å². The second kappa shape index (κ2) is 8.86. The topological polar surface area (TPSA) is 12.9 Å². The smallest absolute Gasteiger partial charge is 0.124 e. The zero-order chi connectivity index (χ0) is 28.8. The normalized spacial score (nSPS) is 17.3. The molecule has 2 aliphatic rings. The molecule has 1 nitrogen and oxygen atoms in total. The van der Waals surface area contributed by atoms with Crippen LogP contribution < -0.4 is 0 Å². The van der Waals surface area contributed by atoms with Crippen molar-refractivity contribution in [3.05, 3.63) is 173 Å². The van der Waals surface area contributed by atoms with Gasteiger partial charge in [-0.3, -0.25) is 0 Å². The largest absolute Gasteiger partial charge is 0.236 e. The highest BCUT2D eigenvalue weighted by Crippen LogP contribution is 2.58. The molecule has 9 rings (SSSR count). The molecule has 7 aromatic rings. The minimum atomic E-state index is -0.462. The molecule has 2 aliphatic carbocycles. The summed E-state index contributed by atoms with van der Waals surface area (Å²) >= 11 is 1.77. The number of fused-ring (bicyclic) bond motifs is 7. The number of para-hydroxylation sites is 1. The van der Waals surface area contributed by atoms with Gasteiger partial charge in [-0.1, -0.05) is 129 Å². The molecular weight excluding hydrogens is 539 g/mol. The average Bonchev–Trinajstić information content (AvgIpc) is 3.69. The van der Waals surface area contributed by atoms with Crippen molar-refractivity contribution in [3.8, 4) is 32.8 Å². The lowest BCUT2D eigenvalue weighted by molar-refractivity contribution is 0.659. The van der Waals surface area contributed by atoms with Crippen molar-refractivity contribution < 1.29 is 0 Å². The van der Waals surface area contributed by atoms with Gasteiger partial charge in [0.2, 0.25) is 0 Å². The van der Waals surface area contributed by atoms with Gasteiger partial charge in [-0.25, -0.2) is 4.98 Å². The molecule has 43 heavy (non-hydrogen) atoms. The first-order chi connectivity index (χ1) is 21.1. The third-order valence-electron chi connectivity index (χ3n) is 9.81. The summed E-state index contributed by atoms with van der Waals surface area (Å²) < 4.78 is 1.22. The lowest BCUT2D eigenvalue weighted by Crippen LogP contribution is -2.29. The van der Waals surface area contributed by atoms with Gasteiger partial charge in [-0.15, -0.1) is 11.3 Å². The molecule has 0 N–H and O–H groups in total. The fourth-order valence-electron chi connectivity index (χ4n) is 7.84. The van der Waals surface area contributed by atoms with Crippen LogP contribution in [0, 0.1) is 0 Å². The second-order valence-electron chi connectivity index (χ2n) is 12.3. The number of nitrogens with zero attached hydrogens (tertiary/aromatic N) is 1. The molecule has 0 fully saturated rings. The van der Waals surface area contributed by atoms with Gasteiger partial charge >= 0.3 is 0 Å². The number of benzene rings is 6. The van der Waals surface area contributed by atoms with E-state index in [1.807, 2.05) is 0 Å². The summed E-state index contributed by atoms with van der Waals surface area (Å²) in [6, 6.07) is 51.8. The molecule has 0 amide bonds.